The first kappa shape index (κ1) is 15.5. The van der Waals surface area contributed by atoms with E-state index in [1.807, 2.05) is 18.2 Å². The van der Waals surface area contributed by atoms with E-state index in [1.165, 1.54) is 16.9 Å². The molecule has 2 heterocycles. The molecule has 0 saturated carbocycles. The summed E-state index contributed by atoms with van der Waals surface area (Å²) >= 11 is 1.70. The fourth-order valence-corrected chi connectivity index (χ4v) is 3.01. The van der Waals surface area contributed by atoms with Crippen LogP contribution in [0.1, 0.15) is 24.2 Å². The summed E-state index contributed by atoms with van der Waals surface area (Å²) in [7, 11) is 0. The molecule has 0 bridgehead atoms. The molecule has 2 aromatic heterocycles. The number of carbonyl (C=O) groups is 1. The number of ether oxygens (including phenoxy) is 1. The number of fused-ring (bicyclic) bond motifs is 3. The minimum atomic E-state index is -0.671. The van der Waals surface area contributed by atoms with E-state index in [2.05, 4.69) is 16.9 Å². The molecule has 7 heteroatoms. The molecule has 6 nitrogen and oxygen atoms in total. The second-order valence-corrected chi connectivity index (χ2v) is 6.09. The molecular weight excluding hydrogens is 314 g/mol. The zero-order chi connectivity index (χ0) is 16.4. The highest BCUT2D eigenvalue weighted by atomic mass is 32.2. The molecule has 0 fully saturated rings. The van der Waals surface area contributed by atoms with Gasteiger partial charge in [-0.3, -0.25) is 4.79 Å². The Balaban J connectivity index is 2.25. The fourth-order valence-electron chi connectivity index (χ4n) is 2.31. The van der Waals surface area contributed by atoms with Gasteiger partial charge in [0, 0.05) is 16.5 Å². The van der Waals surface area contributed by atoms with Gasteiger partial charge in [0.1, 0.15) is 17.5 Å². The molecule has 0 radical (unpaired) electrons. The Kier molecular flexibility index (Phi) is 4.29. The second kappa shape index (κ2) is 6.37. The van der Waals surface area contributed by atoms with E-state index in [-0.39, 0.29) is 12.2 Å². The summed E-state index contributed by atoms with van der Waals surface area (Å²) in [6.45, 7) is 3.96. The minimum absolute atomic E-state index is 0.0930. The quantitative estimate of drug-likeness (QED) is 0.416. The van der Waals surface area contributed by atoms with Crippen LogP contribution in [-0.4, -0.2) is 32.7 Å². The van der Waals surface area contributed by atoms with E-state index in [4.69, 9.17) is 4.74 Å². The topological polar surface area (TPSA) is 73.6 Å². The van der Waals surface area contributed by atoms with Crippen LogP contribution in [0.25, 0.3) is 16.6 Å². The average Bonchev–Trinajstić information content (AvgIpc) is 2.55. The van der Waals surface area contributed by atoms with Gasteiger partial charge in [0.2, 0.25) is 0 Å². The van der Waals surface area contributed by atoms with Crippen molar-refractivity contribution in [2.75, 3.05) is 12.4 Å². The summed E-state index contributed by atoms with van der Waals surface area (Å²) in [5.74, 6) is 0.277. The maximum Gasteiger partial charge on any atom is 0.345 e. The van der Waals surface area contributed by atoms with E-state index >= 15 is 0 Å². The number of thioether (sulfide) groups is 1. The first-order valence-corrected chi connectivity index (χ1v) is 8.24. The standard InChI is InChI=1S/C16H15N3O3S/c1-3-22-16(21)12-8-17-14-11-7-10(23-4-2)5-6-13(11)18-9-19(14)15(12)20/h5-9H,3-4H2,1-2H3. The van der Waals surface area contributed by atoms with Crippen LogP contribution >= 0.6 is 11.8 Å². The predicted molar refractivity (Wildman–Crippen MR) is 89.1 cm³/mol. The van der Waals surface area contributed by atoms with Crippen molar-refractivity contribution in [1.29, 1.82) is 0 Å². The third kappa shape index (κ3) is 2.79. The largest absolute Gasteiger partial charge is 0.462 e. The van der Waals surface area contributed by atoms with Gasteiger partial charge in [0.15, 0.2) is 0 Å². The van der Waals surface area contributed by atoms with Gasteiger partial charge in [0.05, 0.1) is 12.1 Å². The molecule has 0 amide bonds. The van der Waals surface area contributed by atoms with Crippen molar-refractivity contribution in [2.24, 2.45) is 0 Å². The van der Waals surface area contributed by atoms with Gasteiger partial charge in [-0.15, -0.1) is 11.8 Å². The molecule has 23 heavy (non-hydrogen) atoms. The average molecular weight is 329 g/mol. The Hall–Kier alpha value is -2.41. The summed E-state index contributed by atoms with van der Waals surface area (Å²) < 4.78 is 6.17. The third-order valence-electron chi connectivity index (χ3n) is 3.32. The fraction of sp³-hybridized carbons (Fsp3) is 0.250. The van der Waals surface area contributed by atoms with Crippen molar-refractivity contribution >= 4 is 34.3 Å². The third-order valence-corrected chi connectivity index (χ3v) is 4.20. The summed E-state index contributed by atoms with van der Waals surface area (Å²) in [6, 6.07) is 5.85. The van der Waals surface area contributed by atoms with Gasteiger partial charge >= 0.3 is 5.97 Å². The number of nitrogens with zero attached hydrogens (tertiary/aromatic N) is 3. The molecule has 0 aliphatic heterocycles. The molecule has 118 valence electrons. The van der Waals surface area contributed by atoms with Crippen LogP contribution in [0, 0.1) is 0 Å². The van der Waals surface area contributed by atoms with Crippen LogP contribution in [0.5, 0.6) is 0 Å². The van der Waals surface area contributed by atoms with E-state index in [1.54, 1.807) is 18.7 Å². The number of rotatable bonds is 4. The van der Waals surface area contributed by atoms with Crippen molar-refractivity contribution in [2.45, 2.75) is 18.7 Å². The molecule has 3 rings (SSSR count). The van der Waals surface area contributed by atoms with Crippen molar-refractivity contribution in [3.8, 4) is 0 Å². The van der Waals surface area contributed by atoms with Crippen LogP contribution in [0.4, 0.5) is 0 Å². The van der Waals surface area contributed by atoms with E-state index in [0.29, 0.717) is 5.65 Å². The first-order chi connectivity index (χ1) is 11.2. The molecule has 0 aliphatic carbocycles. The van der Waals surface area contributed by atoms with Crippen molar-refractivity contribution in [3.63, 3.8) is 0 Å². The Bertz CT molecular complexity index is 952. The van der Waals surface area contributed by atoms with Crippen molar-refractivity contribution < 1.29 is 9.53 Å². The van der Waals surface area contributed by atoms with Gasteiger partial charge in [-0.05, 0) is 30.9 Å². The number of carbonyl (C=O) groups excluding carboxylic acids is 1. The van der Waals surface area contributed by atoms with Crippen molar-refractivity contribution in [3.05, 3.63) is 46.6 Å². The summed E-state index contributed by atoms with van der Waals surface area (Å²) in [5, 5.41) is 0.776. The zero-order valence-electron chi connectivity index (χ0n) is 12.8. The molecule has 0 spiro atoms. The van der Waals surface area contributed by atoms with Crippen LogP contribution in [0.2, 0.25) is 0 Å². The smallest absolute Gasteiger partial charge is 0.345 e. The van der Waals surface area contributed by atoms with Crippen LogP contribution < -0.4 is 5.56 Å². The Morgan fingerprint density at radius 1 is 1.30 bits per heavy atom. The van der Waals surface area contributed by atoms with Gasteiger partial charge in [0.25, 0.3) is 5.56 Å². The molecule has 1 aromatic carbocycles. The summed E-state index contributed by atoms with van der Waals surface area (Å²) in [5.41, 5.74) is 0.661. The Morgan fingerprint density at radius 3 is 2.87 bits per heavy atom. The SMILES string of the molecule is CCOC(=O)c1cnc2c3cc(SCC)ccc3ncn2c1=O. The van der Waals surface area contributed by atoms with E-state index in [0.717, 1.165) is 21.6 Å². The number of benzene rings is 1. The Labute approximate surface area is 136 Å². The highest BCUT2D eigenvalue weighted by Gasteiger charge is 2.15. The lowest BCUT2D eigenvalue weighted by atomic mass is 10.2. The summed E-state index contributed by atoms with van der Waals surface area (Å²) in [4.78, 5) is 33.9. The Morgan fingerprint density at radius 2 is 2.13 bits per heavy atom. The van der Waals surface area contributed by atoms with Crippen LogP contribution in [0.15, 0.2) is 40.4 Å². The molecule has 0 aliphatic rings. The lowest BCUT2D eigenvalue weighted by molar-refractivity contribution is 0.0523. The van der Waals surface area contributed by atoms with Crippen molar-refractivity contribution in [1.82, 2.24) is 14.4 Å². The lowest BCUT2D eigenvalue weighted by Gasteiger charge is -2.07. The molecule has 0 unspecified atom stereocenters. The van der Waals surface area contributed by atoms with Crippen LogP contribution in [-0.2, 0) is 4.74 Å². The molecule has 0 N–H and O–H groups in total. The molecule has 0 atom stereocenters. The monoisotopic (exact) mass is 329 g/mol. The summed E-state index contributed by atoms with van der Waals surface area (Å²) in [6.07, 6.45) is 2.66. The van der Waals surface area contributed by atoms with Gasteiger partial charge in [-0.1, -0.05) is 6.92 Å². The number of hydrogen-bond acceptors (Lipinski definition) is 6. The van der Waals surface area contributed by atoms with Gasteiger partial charge in [-0.2, -0.15) is 0 Å². The maximum absolute atomic E-state index is 12.5. The molecule has 0 saturated heterocycles. The van der Waals surface area contributed by atoms with E-state index in [9.17, 15) is 9.59 Å². The van der Waals surface area contributed by atoms with E-state index < -0.39 is 11.5 Å². The normalized spacial score (nSPS) is 11.0. The highest BCUT2D eigenvalue weighted by Crippen LogP contribution is 2.24. The van der Waals surface area contributed by atoms with Gasteiger partial charge < -0.3 is 4.74 Å². The molecular formula is C16H15N3O3S. The first-order valence-electron chi connectivity index (χ1n) is 7.25. The minimum Gasteiger partial charge on any atom is -0.462 e. The molecule has 3 aromatic rings. The van der Waals surface area contributed by atoms with Crippen LogP contribution in [0.3, 0.4) is 0 Å². The highest BCUT2D eigenvalue weighted by molar-refractivity contribution is 7.99. The number of aromatic nitrogens is 3. The number of esters is 1. The number of hydrogen-bond donors (Lipinski definition) is 0. The second-order valence-electron chi connectivity index (χ2n) is 4.75. The maximum atomic E-state index is 12.5. The van der Waals surface area contributed by atoms with Gasteiger partial charge in [-0.25, -0.2) is 19.2 Å². The predicted octanol–water partition coefficient (Wildman–Crippen LogP) is 2.53. The lowest BCUT2D eigenvalue weighted by Crippen LogP contribution is -2.24. The zero-order valence-corrected chi connectivity index (χ0v) is 13.6.